The molecule has 0 aliphatic heterocycles. The van der Waals surface area contributed by atoms with Crippen LogP contribution in [0.25, 0.3) is 0 Å². The zero-order chi connectivity index (χ0) is 14.0. The molecule has 0 saturated carbocycles. The Balaban J connectivity index is 3.79. The maximum Gasteiger partial charge on any atom is 0.222 e. The molecule has 0 bridgehead atoms. The molecule has 5 nitrogen and oxygen atoms in total. The van der Waals surface area contributed by atoms with E-state index < -0.39 is 0 Å². The molecule has 0 aromatic carbocycles. The van der Waals surface area contributed by atoms with Gasteiger partial charge in [0.05, 0.1) is 6.61 Å². The summed E-state index contributed by atoms with van der Waals surface area (Å²) in [5.41, 5.74) is 0. The minimum Gasteiger partial charge on any atom is -0.380 e. The summed E-state index contributed by atoms with van der Waals surface area (Å²) in [6.45, 7) is 7.49. The van der Waals surface area contributed by atoms with Crippen LogP contribution in [-0.4, -0.2) is 38.6 Å². The highest BCUT2D eigenvalue weighted by Crippen LogP contribution is 2.11. The van der Waals surface area contributed by atoms with Gasteiger partial charge < -0.3 is 15.4 Å². The molecule has 0 spiro atoms. The van der Waals surface area contributed by atoms with Gasteiger partial charge in [0.2, 0.25) is 11.8 Å². The first kappa shape index (κ1) is 16.9. The number of carbonyl (C=O) groups excluding carboxylic acids is 2. The Morgan fingerprint density at radius 2 is 1.72 bits per heavy atom. The summed E-state index contributed by atoms with van der Waals surface area (Å²) >= 11 is 0. The first-order chi connectivity index (χ1) is 8.52. The molecular formula is C13H26N2O3. The molecule has 0 heterocycles. The van der Waals surface area contributed by atoms with Crippen molar-refractivity contribution in [1.82, 2.24) is 10.6 Å². The lowest BCUT2D eigenvalue weighted by Crippen LogP contribution is -2.35. The lowest BCUT2D eigenvalue weighted by Gasteiger charge is -2.16. The van der Waals surface area contributed by atoms with E-state index in [1.54, 1.807) is 7.05 Å². The maximum absolute atomic E-state index is 11.7. The molecule has 0 rings (SSSR count). The van der Waals surface area contributed by atoms with Gasteiger partial charge >= 0.3 is 0 Å². The number of carbonyl (C=O) groups is 2. The topological polar surface area (TPSA) is 67.4 Å². The third kappa shape index (κ3) is 7.27. The first-order valence-corrected chi connectivity index (χ1v) is 6.59. The normalized spacial score (nSPS) is 13.8. The second-order valence-corrected chi connectivity index (χ2v) is 4.56. The van der Waals surface area contributed by atoms with Gasteiger partial charge in [-0.25, -0.2) is 0 Å². The van der Waals surface area contributed by atoms with Crippen LogP contribution < -0.4 is 10.6 Å². The maximum atomic E-state index is 11.7. The van der Waals surface area contributed by atoms with Crippen molar-refractivity contribution in [2.45, 2.75) is 33.6 Å². The van der Waals surface area contributed by atoms with Crippen molar-refractivity contribution in [3.63, 3.8) is 0 Å². The van der Waals surface area contributed by atoms with Crippen molar-refractivity contribution in [2.24, 2.45) is 11.8 Å². The second-order valence-electron chi connectivity index (χ2n) is 4.56. The fourth-order valence-electron chi connectivity index (χ4n) is 1.66. The summed E-state index contributed by atoms with van der Waals surface area (Å²) in [7, 11) is 1.61. The Morgan fingerprint density at radius 3 is 2.28 bits per heavy atom. The van der Waals surface area contributed by atoms with Crippen LogP contribution in [0.5, 0.6) is 0 Å². The van der Waals surface area contributed by atoms with E-state index in [0.29, 0.717) is 19.6 Å². The molecule has 0 fully saturated rings. The van der Waals surface area contributed by atoms with Gasteiger partial charge in [-0.1, -0.05) is 20.8 Å². The number of rotatable bonds is 9. The monoisotopic (exact) mass is 258 g/mol. The molecular weight excluding hydrogens is 232 g/mol. The van der Waals surface area contributed by atoms with E-state index in [2.05, 4.69) is 10.6 Å². The van der Waals surface area contributed by atoms with Crippen LogP contribution in [0.2, 0.25) is 0 Å². The molecule has 0 aliphatic rings. The highest BCUT2D eigenvalue weighted by Gasteiger charge is 2.19. The highest BCUT2D eigenvalue weighted by atomic mass is 16.5. The third-order valence-corrected chi connectivity index (χ3v) is 2.74. The Morgan fingerprint density at radius 1 is 1.11 bits per heavy atom. The second kappa shape index (κ2) is 9.88. The van der Waals surface area contributed by atoms with Gasteiger partial charge in [0.1, 0.15) is 0 Å². The van der Waals surface area contributed by atoms with Crippen molar-refractivity contribution in [3.8, 4) is 0 Å². The van der Waals surface area contributed by atoms with E-state index in [9.17, 15) is 9.59 Å². The van der Waals surface area contributed by atoms with Crippen LogP contribution in [0.1, 0.15) is 33.6 Å². The van der Waals surface area contributed by atoms with Crippen LogP contribution >= 0.6 is 0 Å². The molecule has 0 aromatic heterocycles. The average molecular weight is 258 g/mol. The van der Waals surface area contributed by atoms with Crippen molar-refractivity contribution < 1.29 is 14.3 Å². The Hall–Kier alpha value is -1.10. The van der Waals surface area contributed by atoms with Gasteiger partial charge in [0, 0.05) is 32.0 Å². The quantitative estimate of drug-likeness (QED) is 0.605. The molecule has 106 valence electrons. The largest absolute Gasteiger partial charge is 0.380 e. The summed E-state index contributed by atoms with van der Waals surface area (Å²) in [6.07, 6.45) is 1.54. The predicted octanol–water partition coefficient (Wildman–Crippen LogP) is 0.938. The molecule has 0 aromatic rings. The minimum absolute atomic E-state index is 0.0224. The van der Waals surface area contributed by atoms with E-state index in [1.807, 2.05) is 20.8 Å². The highest BCUT2D eigenvalue weighted by molar-refractivity contribution is 5.81. The molecule has 2 atom stereocenters. The van der Waals surface area contributed by atoms with Crippen LogP contribution in [0.15, 0.2) is 0 Å². The number of amides is 2. The summed E-state index contributed by atoms with van der Waals surface area (Å²) in [6, 6.07) is 0. The molecule has 18 heavy (non-hydrogen) atoms. The number of hydrogen-bond acceptors (Lipinski definition) is 3. The van der Waals surface area contributed by atoms with Crippen LogP contribution in [0, 0.1) is 11.8 Å². The molecule has 2 unspecified atom stereocenters. The molecule has 0 saturated heterocycles. The van der Waals surface area contributed by atoms with Gasteiger partial charge in [-0.3, -0.25) is 9.59 Å². The van der Waals surface area contributed by atoms with Crippen molar-refractivity contribution in [1.29, 1.82) is 0 Å². The third-order valence-electron chi connectivity index (χ3n) is 2.74. The number of hydrogen-bond donors (Lipinski definition) is 2. The fourth-order valence-corrected chi connectivity index (χ4v) is 1.66. The van der Waals surface area contributed by atoms with Crippen molar-refractivity contribution in [3.05, 3.63) is 0 Å². The SMILES string of the molecule is CCCOCCNC(=O)C(C)CC(C)C(=O)NC. The van der Waals surface area contributed by atoms with Gasteiger partial charge in [-0.15, -0.1) is 0 Å². The van der Waals surface area contributed by atoms with Gasteiger partial charge in [-0.05, 0) is 12.8 Å². The molecule has 2 N–H and O–H groups in total. The number of nitrogens with one attached hydrogen (secondary N) is 2. The van der Waals surface area contributed by atoms with Crippen LogP contribution in [-0.2, 0) is 14.3 Å². The van der Waals surface area contributed by atoms with E-state index in [4.69, 9.17) is 4.74 Å². The molecule has 0 radical (unpaired) electrons. The summed E-state index contributed by atoms with van der Waals surface area (Å²) in [4.78, 5) is 23.1. The van der Waals surface area contributed by atoms with E-state index >= 15 is 0 Å². The molecule has 0 aliphatic carbocycles. The zero-order valence-electron chi connectivity index (χ0n) is 11.9. The minimum atomic E-state index is -0.163. The van der Waals surface area contributed by atoms with Crippen molar-refractivity contribution >= 4 is 11.8 Å². The zero-order valence-corrected chi connectivity index (χ0v) is 11.9. The van der Waals surface area contributed by atoms with Crippen molar-refractivity contribution in [2.75, 3.05) is 26.8 Å². The van der Waals surface area contributed by atoms with Gasteiger partial charge in [-0.2, -0.15) is 0 Å². The summed E-state index contributed by atoms with van der Waals surface area (Å²) in [5, 5.41) is 5.39. The lowest BCUT2D eigenvalue weighted by atomic mass is 9.96. The summed E-state index contributed by atoms with van der Waals surface area (Å²) in [5.74, 6) is -0.359. The van der Waals surface area contributed by atoms with E-state index in [-0.39, 0.29) is 23.7 Å². The van der Waals surface area contributed by atoms with E-state index in [0.717, 1.165) is 13.0 Å². The molecule has 5 heteroatoms. The summed E-state index contributed by atoms with van der Waals surface area (Å²) < 4.78 is 5.27. The predicted molar refractivity (Wildman–Crippen MR) is 71.1 cm³/mol. The first-order valence-electron chi connectivity index (χ1n) is 6.59. The smallest absolute Gasteiger partial charge is 0.222 e. The Kier molecular flexibility index (Phi) is 9.28. The van der Waals surface area contributed by atoms with Crippen LogP contribution in [0.3, 0.4) is 0 Å². The van der Waals surface area contributed by atoms with Gasteiger partial charge in [0.25, 0.3) is 0 Å². The fraction of sp³-hybridized carbons (Fsp3) is 0.846. The Bertz CT molecular complexity index is 257. The lowest BCUT2D eigenvalue weighted by molar-refractivity contribution is -0.127. The van der Waals surface area contributed by atoms with Gasteiger partial charge in [0.15, 0.2) is 0 Å². The molecule has 2 amide bonds. The van der Waals surface area contributed by atoms with Crippen LogP contribution in [0.4, 0.5) is 0 Å². The number of ether oxygens (including phenoxy) is 1. The Labute approximate surface area is 110 Å². The average Bonchev–Trinajstić information content (AvgIpc) is 2.36. The van der Waals surface area contributed by atoms with E-state index in [1.165, 1.54) is 0 Å². The standard InChI is InChI=1S/C13H26N2O3/c1-5-7-18-8-6-15-13(17)11(3)9-10(2)12(16)14-4/h10-11H,5-9H2,1-4H3,(H,14,16)(H,15,17).